The summed E-state index contributed by atoms with van der Waals surface area (Å²) in [4.78, 5) is 10.8. The van der Waals surface area contributed by atoms with Crippen LogP contribution in [0.2, 0.25) is 5.02 Å². The fourth-order valence-corrected chi connectivity index (χ4v) is 1.40. The summed E-state index contributed by atoms with van der Waals surface area (Å²) < 4.78 is 13.0. The fraction of sp³-hybridized carbons (Fsp3) is 0. The number of rotatable bonds is 1. The van der Waals surface area contributed by atoms with Gasteiger partial charge in [0.1, 0.15) is 5.82 Å². The number of benzene rings is 1. The first-order valence-electron chi connectivity index (χ1n) is 4.18. The van der Waals surface area contributed by atoms with Crippen molar-refractivity contribution in [3.05, 3.63) is 51.5 Å². The highest BCUT2D eigenvalue weighted by atomic mass is 35.5. The maximum atomic E-state index is 13.0. The van der Waals surface area contributed by atoms with E-state index >= 15 is 0 Å². The molecule has 1 N–H and O–H groups in total. The van der Waals surface area contributed by atoms with Crippen molar-refractivity contribution in [2.75, 3.05) is 0 Å². The van der Waals surface area contributed by atoms with Crippen LogP contribution in [-0.2, 0) is 0 Å². The van der Waals surface area contributed by atoms with Crippen LogP contribution in [0.5, 0.6) is 0 Å². The minimum atomic E-state index is -0.401. The van der Waals surface area contributed by atoms with Crippen LogP contribution in [0.15, 0.2) is 35.1 Å². The van der Waals surface area contributed by atoms with E-state index in [-0.39, 0.29) is 5.56 Å². The van der Waals surface area contributed by atoms with Crippen LogP contribution >= 0.6 is 11.6 Å². The maximum Gasteiger partial charge on any atom is 0.264 e. The molecule has 1 heterocycles. The monoisotopic (exact) mass is 224 g/mol. The Morgan fingerprint density at radius 2 is 2.07 bits per heavy atom. The molecular weight excluding hydrogens is 219 g/mol. The van der Waals surface area contributed by atoms with Gasteiger partial charge in [0.2, 0.25) is 0 Å². The predicted octanol–water partition coefficient (Wildman–Crippen LogP) is 2.23. The zero-order valence-electron chi connectivity index (χ0n) is 7.50. The molecule has 2 rings (SSSR count). The van der Waals surface area contributed by atoms with Gasteiger partial charge in [-0.25, -0.2) is 9.49 Å². The summed E-state index contributed by atoms with van der Waals surface area (Å²) in [5.41, 5.74) is 0.568. The van der Waals surface area contributed by atoms with E-state index in [1.807, 2.05) is 0 Å². The second kappa shape index (κ2) is 3.82. The number of H-pyrrole nitrogens is 1. The number of nitrogens with one attached hydrogen (secondary N) is 1. The van der Waals surface area contributed by atoms with Crippen molar-refractivity contribution in [3.63, 3.8) is 0 Å². The van der Waals surface area contributed by atoms with Crippen molar-refractivity contribution in [2.45, 2.75) is 0 Å². The molecule has 0 spiro atoms. The molecule has 3 nitrogen and oxygen atoms in total. The Morgan fingerprint density at radius 3 is 2.73 bits per heavy atom. The molecule has 1 aromatic heterocycles. The zero-order valence-corrected chi connectivity index (χ0v) is 8.25. The summed E-state index contributed by atoms with van der Waals surface area (Å²) in [6.07, 6.45) is 0. The quantitative estimate of drug-likeness (QED) is 0.808. The zero-order chi connectivity index (χ0) is 10.8. The van der Waals surface area contributed by atoms with E-state index in [1.165, 1.54) is 30.3 Å². The Kier molecular flexibility index (Phi) is 2.51. The Morgan fingerprint density at radius 1 is 1.27 bits per heavy atom. The van der Waals surface area contributed by atoms with E-state index in [0.717, 1.165) is 0 Å². The lowest BCUT2D eigenvalue weighted by molar-refractivity contribution is 0.628. The Balaban J connectivity index is 2.58. The third kappa shape index (κ3) is 2.05. The fourth-order valence-electron chi connectivity index (χ4n) is 1.19. The van der Waals surface area contributed by atoms with Gasteiger partial charge in [-0.3, -0.25) is 4.79 Å². The van der Waals surface area contributed by atoms with Crippen molar-refractivity contribution in [2.24, 2.45) is 0 Å². The van der Waals surface area contributed by atoms with Gasteiger partial charge < -0.3 is 0 Å². The standard InChI is InChI=1S/C10H6ClFN2O/c11-8-2-1-6(12)5-7(8)9-3-4-10(15)14-13-9/h1-5H,(H,14,15). The van der Waals surface area contributed by atoms with Gasteiger partial charge in [0.15, 0.2) is 0 Å². The molecule has 0 radical (unpaired) electrons. The molecule has 0 aliphatic heterocycles. The normalized spacial score (nSPS) is 10.3. The lowest BCUT2D eigenvalue weighted by Crippen LogP contribution is -2.05. The molecule has 0 fully saturated rings. The summed E-state index contributed by atoms with van der Waals surface area (Å²) in [6, 6.07) is 6.77. The smallest absolute Gasteiger partial charge is 0.264 e. The van der Waals surface area contributed by atoms with Gasteiger partial charge in [-0.1, -0.05) is 11.6 Å². The Hall–Kier alpha value is -1.68. The molecule has 0 bridgehead atoms. The number of hydrogen-bond acceptors (Lipinski definition) is 2. The van der Waals surface area contributed by atoms with E-state index in [4.69, 9.17) is 11.6 Å². The average molecular weight is 225 g/mol. The van der Waals surface area contributed by atoms with Crippen LogP contribution in [0.25, 0.3) is 11.3 Å². The van der Waals surface area contributed by atoms with Gasteiger partial charge in [0.25, 0.3) is 5.56 Å². The number of nitrogens with zero attached hydrogens (tertiary/aromatic N) is 1. The third-order valence-electron chi connectivity index (χ3n) is 1.88. The highest BCUT2D eigenvalue weighted by Gasteiger charge is 2.06. The lowest BCUT2D eigenvalue weighted by Gasteiger charge is -2.02. The second-order valence-electron chi connectivity index (χ2n) is 2.93. The molecule has 0 unspecified atom stereocenters. The van der Waals surface area contributed by atoms with Crippen molar-refractivity contribution >= 4 is 11.6 Å². The third-order valence-corrected chi connectivity index (χ3v) is 2.21. The molecule has 15 heavy (non-hydrogen) atoms. The minimum Gasteiger partial charge on any atom is -0.268 e. The number of aromatic nitrogens is 2. The maximum absolute atomic E-state index is 13.0. The predicted molar refractivity (Wildman–Crippen MR) is 55.3 cm³/mol. The summed E-state index contributed by atoms with van der Waals surface area (Å²) in [5.74, 6) is -0.401. The molecule has 0 aliphatic rings. The molecule has 0 amide bonds. The van der Waals surface area contributed by atoms with Crippen molar-refractivity contribution in [1.82, 2.24) is 10.2 Å². The van der Waals surface area contributed by atoms with Crippen molar-refractivity contribution in [3.8, 4) is 11.3 Å². The van der Waals surface area contributed by atoms with Crippen LogP contribution in [0.1, 0.15) is 0 Å². The molecule has 0 aliphatic carbocycles. The van der Waals surface area contributed by atoms with Gasteiger partial charge in [0.05, 0.1) is 10.7 Å². The molecule has 0 saturated carbocycles. The number of aromatic amines is 1. The largest absolute Gasteiger partial charge is 0.268 e. The van der Waals surface area contributed by atoms with Crippen LogP contribution in [0, 0.1) is 5.82 Å². The molecule has 2 aromatic rings. The van der Waals surface area contributed by atoms with Gasteiger partial charge in [-0.05, 0) is 24.3 Å². The molecule has 5 heteroatoms. The molecule has 1 aromatic carbocycles. The van der Waals surface area contributed by atoms with Crippen LogP contribution in [-0.4, -0.2) is 10.2 Å². The number of hydrogen-bond donors (Lipinski definition) is 1. The average Bonchev–Trinajstić information content (AvgIpc) is 2.23. The lowest BCUT2D eigenvalue weighted by atomic mass is 10.1. The summed E-state index contributed by atoms with van der Waals surface area (Å²) in [7, 11) is 0. The van der Waals surface area contributed by atoms with Crippen LogP contribution in [0.3, 0.4) is 0 Å². The summed E-state index contributed by atoms with van der Waals surface area (Å²) in [5, 5.41) is 6.41. The molecule has 0 atom stereocenters. The Labute approximate surface area is 89.5 Å². The van der Waals surface area contributed by atoms with E-state index in [2.05, 4.69) is 10.2 Å². The van der Waals surface area contributed by atoms with Gasteiger partial charge >= 0.3 is 0 Å². The second-order valence-corrected chi connectivity index (χ2v) is 3.34. The summed E-state index contributed by atoms with van der Waals surface area (Å²) in [6.45, 7) is 0. The SMILES string of the molecule is O=c1ccc(-c2cc(F)ccc2Cl)n[nH]1. The van der Waals surface area contributed by atoms with Crippen molar-refractivity contribution < 1.29 is 4.39 Å². The molecule has 0 saturated heterocycles. The van der Waals surface area contributed by atoms with Crippen LogP contribution < -0.4 is 5.56 Å². The minimum absolute atomic E-state index is 0.314. The van der Waals surface area contributed by atoms with Gasteiger partial charge in [0, 0.05) is 11.6 Å². The van der Waals surface area contributed by atoms with Crippen molar-refractivity contribution in [1.29, 1.82) is 0 Å². The topological polar surface area (TPSA) is 45.8 Å². The highest BCUT2D eigenvalue weighted by molar-refractivity contribution is 6.33. The van der Waals surface area contributed by atoms with Gasteiger partial charge in [-0.15, -0.1) is 0 Å². The van der Waals surface area contributed by atoms with Gasteiger partial charge in [-0.2, -0.15) is 5.10 Å². The first-order valence-corrected chi connectivity index (χ1v) is 4.56. The van der Waals surface area contributed by atoms with Crippen LogP contribution in [0.4, 0.5) is 4.39 Å². The summed E-state index contributed by atoms with van der Waals surface area (Å²) >= 11 is 5.87. The molecular formula is C10H6ClFN2O. The Bertz CT molecular complexity index is 533. The van der Waals surface area contributed by atoms with E-state index < -0.39 is 5.82 Å². The van der Waals surface area contributed by atoms with E-state index in [1.54, 1.807) is 0 Å². The number of halogens is 2. The highest BCUT2D eigenvalue weighted by Crippen LogP contribution is 2.25. The van der Waals surface area contributed by atoms with E-state index in [0.29, 0.717) is 16.3 Å². The first kappa shape index (κ1) is 9.86. The van der Waals surface area contributed by atoms with E-state index in [9.17, 15) is 9.18 Å². The first-order chi connectivity index (χ1) is 7.16. The molecule has 76 valence electrons.